The second kappa shape index (κ2) is 5.88. The Kier molecular flexibility index (Phi) is 3.79. The van der Waals surface area contributed by atoms with E-state index in [2.05, 4.69) is 53.4 Å². The van der Waals surface area contributed by atoms with Gasteiger partial charge >= 0.3 is 0 Å². The van der Waals surface area contributed by atoms with Crippen LogP contribution >= 0.6 is 0 Å². The van der Waals surface area contributed by atoms with Gasteiger partial charge in [0.05, 0.1) is 12.5 Å². The average molecular weight is 277 g/mol. The maximum Gasteiger partial charge on any atom is 0.0670 e. The lowest BCUT2D eigenvalue weighted by Gasteiger charge is -2.20. The second-order valence-electron chi connectivity index (χ2n) is 5.56. The van der Waals surface area contributed by atoms with Crippen LogP contribution in [0.25, 0.3) is 0 Å². The molecule has 0 bridgehead atoms. The van der Waals surface area contributed by atoms with Gasteiger partial charge in [0.15, 0.2) is 0 Å². The van der Waals surface area contributed by atoms with E-state index in [1.165, 1.54) is 17.7 Å². The number of anilines is 2. The van der Waals surface area contributed by atoms with Crippen LogP contribution < -0.4 is 10.6 Å². The predicted octanol–water partition coefficient (Wildman–Crippen LogP) is 3.33. The van der Waals surface area contributed by atoms with Gasteiger partial charge in [-0.25, -0.2) is 0 Å². The minimum absolute atomic E-state index is 0.371. The van der Waals surface area contributed by atoms with Crippen LogP contribution in [0.3, 0.4) is 0 Å². The van der Waals surface area contributed by atoms with Crippen molar-refractivity contribution in [1.29, 1.82) is 5.26 Å². The first-order valence-corrected chi connectivity index (χ1v) is 7.33. The van der Waals surface area contributed by atoms with E-state index in [-0.39, 0.29) is 0 Å². The minimum atomic E-state index is 0.371. The largest absolute Gasteiger partial charge is 0.398 e. The van der Waals surface area contributed by atoms with Crippen molar-refractivity contribution in [2.75, 3.05) is 23.7 Å². The molecule has 0 aromatic heterocycles. The van der Waals surface area contributed by atoms with Crippen LogP contribution in [0.15, 0.2) is 48.5 Å². The zero-order chi connectivity index (χ0) is 14.7. The van der Waals surface area contributed by atoms with Gasteiger partial charge in [-0.1, -0.05) is 30.3 Å². The number of nitriles is 1. The molecule has 3 heteroatoms. The molecule has 1 aliphatic heterocycles. The molecule has 21 heavy (non-hydrogen) atoms. The van der Waals surface area contributed by atoms with Crippen LogP contribution in [0.1, 0.15) is 23.5 Å². The van der Waals surface area contributed by atoms with Crippen LogP contribution in [-0.4, -0.2) is 13.1 Å². The highest BCUT2D eigenvalue weighted by atomic mass is 15.1. The molecular formula is C18H19N3. The highest BCUT2D eigenvalue weighted by Crippen LogP contribution is 2.32. The van der Waals surface area contributed by atoms with Crippen LogP contribution in [0.5, 0.6) is 0 Å². The van der Waals surface area contributed by atoms with Crippen molar-refractivity contribution in [3.8, 4) is 6.07 Å². The van der Waals surface area contributed by atoms with Gasteiger partial charge < -0.3 is 10.6 Å². The van der Waals surface area contributed by atoms with Crippen molar-refractivity contribution in [2.24, 2.45) is 0 Å². The number of rotatable bonds is 3. The summed E-state index contributed by atoms with van der Waals surface area (Å²) in [5, 5.41) is 8.87. The van der Waals surface area contributed by atoms with E-state index >= 15 is 0 Å². The van der Waals surface area contributed by atoms with E-state index in [0.29, 0.717) is 18.0 Å². The third kappa shape index (κ3) is 2.85. The molecular weight excluding hydrogens is 258 g/mol. The third-order valence-corrected chi connectivity index (χ3v) is 4.22. The molecule has 0 amide bonds. The monoisotopic (exact) mass is 277 g/mol. The summed E-state index contributed by atoms with van der Waals surface area (Å²) in [5.74, 6) is 0.586. The molecule has 1 unspecified atom stereocenters. The number of hydrogen-bond donors (Lipinski definition) is 1. The summed E-state index contributed by atoms with van der Waals surface area (Å²) in [7, 11) is 0. The molecule has 1 fully saturated rings. The molecule has 106 valence electrons. The molecule has 3 rings (SSSR count). The Morgan fingerprint density at radius 3 is 2.76 bits per heavy atom. The van der Waals surface area contributed by atoms with Gasteiger partial charge in [-0.2, -0.15) is 5.26 Å². The van der Waals surface area contributed by atoms with Crippen LogP contribution in [0.2, 0.25) is 0 Å². The third-order valence-electron chi connectivity index (χ3n) is 4.22. The van der Waals surface area contributed by atoms with Gasteiger partial charge in [-0.15, -0.1) is 0 Å². The molecule has 3 nitrogen and oxygen atoms in total. The topological polar surface area (TPSA) is 53.0 Å². The van der Waals surface area contributed by atoms with E-state index in [0.717, 1.165) is 18.7 Å². The standard InChI is InChI=1S/C18H19N3/c19-10-8-15-12-17(6-7-18(15)20)21-11-9-16(13-21)14-4-2-1-3-5-14/h1-7,12,16H,8-9,11,13,20H2. The molecule has 2 aromatic rings. The summed E-state index contributed by atoms with van der Waals surface area (Å²) in [6.07, 6.45) is 1.54. The number of nitrogens with zero attached hydrogens (tertiary/aromatic N) is 2. The molecule has 1 heterocycles. The number of nitrogen functional groups attached to an aromatic ring is 1. The van der Waals surface area contributed by atoms with E-state index in [1.54, 1.807) is 0 Å². The summed E-state index contributed by atoms with van der Waals surface area (Å²) in [4.78, 5) is 2.39. The lowest BCUT2D eigenvalue weighted by molar-refractivity contribution is 0.775. The highest BCUT2D eigenvalue weighted by Gasteiger charge is 2.24. The van der Waals surface area contributed by atoms with Crippen molar-refractivity contribution in [3.63, 3.8) is 0 Å². The molecule has 1 atom stereocenters. The fourth-order valence-corrected chi connectivity index (χ4v) is 3.02. The fourth-order valence-electron chi connectivity index (χ4n) is 3.02. The first-order chi connectivity index (χ1) is 10.3. The van der Waals surface area contributed by atoms with Crippen LogP contribution in [0, 0.1) is 11.3 Å². The van der Waals surface area contributed by atoms with Gasteiger partial charge in [0.1, 0.15) is 0 Å². The number of nitrogens with two attached hydrogens (primary N) is 1. The highest BCUT2D eigenvalue weighted by molar-refractivity contribution is 5.60. The predicted molar refractivity (Wildman–Crippen MR) is 86.2 cm³/mol. The second-order valence-corrected chi connectivity index (χ2v) is 5.56. The normalized spacial score (nSPS) is 17.7. The van der Waals surface area contributed by atoms with E-state index in [4.69, 9.17) is 11.0 Å². The molecule has 0 saturated carbocycles. The van der Waals surface area contributed by atoms with Gasteiger partial charge in [-0.05, 0) is 35.7 Å². The zero-order valence-electron chi connectivity index (χ0n) is 12.0. The Balaban J connectivity index is 1.77. The lowest BCUT2D eigenvalue weighted by Crippen LogP contribution is -2.19. The average Bonchev–Trinajstić information content (AvgIpc) is 3.00. The minimum Gasteiger partial charge on any atom is -0.398 e. The van der Waals surface area contributed by atoms with Gasteiger partial charge in [-0.3, -0.25) is 0 Å². The van der Waals surface area contributed by atoms with Gasteiger partial charge in [0.2, 0.25) is 0 Å². The van der Waals surface area contributed by atoms with Gasteiger partial charge in [0.25, 0.3) is 0 Å². The first-order valence-electron chi connectivity index (χ1n) is 7.33. The fraction of sp³-hybridized carbons (Fsp3) is 0.278. The Hall–Kier alpha value is -2.47. The zero-order valence-corrected chi connectivity index (χ0v) is 12.0. The summed E-state index contributed by atoms with van der Waals surface area (Å²) in [5.41, 5.74) is 10.1. The van der Waals surface area contributed by atoms with Crippen molar-refractivity contribution >= 4 is 11.4 Å². The van der Waals surface area contributed by atoms with E-state index in [1.807, 2.05) is 6.07 Å². The molecule has 0 aliphatic carbocycles. The molecule has 1 saturated heterocycles. The Morgan fingerprint density at radius 2 is 2.00 bits per heavy atom. The Bertz CT molecular complexity index is 658. The molecule has 2 N–H and O–H groups in total. The number of hydrogen-bond acceptors (Lipinski definition) is 3. The lowest BCUT2D eigenvalue weighted by atomic mass is 9.99. The Morgan fingerprint density at radius 1 is 1.19 bits per heavy atom. The van der Waals surface area contributed by atoms with Crippen molar-refractivity contribution in [3.05, 3.63) is 59.7 Å². The van der Waals surface area contributed by atoms with E-state index < -0.39 is 0 Å². The molecule has 1 aliphatic rings. The summed E-state index contributed by atoms with van der Waals surface area (Å²) < 4.78 is 0. The van der Waals surface area contributed by atoms with E-state index in [9.17, 15) is 0 Å². The molecule has 0 radical (unpaired) electrons. The van der Waals surface area contributed by atoms with Crippen LogP contribution in [0.4, 0.5) is 11.4 Å². The van der Waals surface area contributed by atoms with Crippen molar-refractivity contribution < 1.29 is 0 Å². The van der Waals surface area contributed by atoms with Gasteiger partial charge in [0, 0.05) is 30.4 Å². The SMILES string of the molecule is N#CCc1cc(N2CCC(c3ccccc3)C2)ccc1N. The maximum atomic E-state index is 8.87. The van der Waals surface area contributed by atoms with Crippen molar-refractivity contribution in [2.45, 2.75) is 18.8 Å². The molecule has 2 aromatic carbocycles. The number of benzene rings is 2. The van der Waals surface area contributed by atoms with Crippen LogP contribution in [-0.2, 0) is 6.42 Å². The maximum absolute atomic E-state index is 8.87. The molecule has 0 spiro atoms. The van der Waals surface area contributed by atoms with Crippen molar-refractivity contribution in [1.82, 2.24) is 0 Å². The first kappa shape index (κ1) is 13.5. The smallest absolute Gasteiger partial charge is 0.0670 e. The quantitative estimate of drug-likeness (QED) is 0.875. The summed E-state index contributed by atoms with van der Waals surface area (Å²) >= 11 is 0. The summed E-state index contributed by atoms with van der Waals surface area (Å²) in [6.45, 7) is 2.08. The summed E-state index contributed by atoms with van der Waals surface area (Å²) in [6, 6.07) is 18.9. The Labute approximate surface area is 125 Å².